The quantitative estimate of drug-likeness (QED) is 0.162. The summed E-state index contributed by atoms with van der Waals surface area (Å²) in [6.07, 6.45) is 21.8. The molecule has 0 saturated heterocycles. The molecule has 2 aromatic heterocycles. The predicted octanol–water partition coefficient (Wildman–Crippen LogP) is 14.5. The Morgan fingerprint density at radius 3 is 1.70 bits per heavy atom. The van der Waals surface area contributed by atoms with Crippen LogP contribution in [0.4, 0.5) is 0 Å². The summed E-state index contributed by atoms with van der Waals surface area (Å²) in [7, 11) is 0. The van der Waals surface area contributed by atoms with Gasteiger partial charge < -0.3 is 9.13 Å². The highest BCUT2D eigenvalue weighted by molar-refractivity contribution is 6.13. The monoisotopic (exact) mass is 718 g/mol. The van der Waals surface area contributed by atoms with Crippen LogP contribution < -0.4 is 0 Å². The molecule has 0 N–H and O–H groups in total. The van der Waals surface area contributed by atoms with E-state index >= 15 is 0 Å². The molecule has 11 rings (SSSR count). The van der Waals surface area contributed by atoms with Gasteiger partial charge in [0.2, 0.25) is 0 Å². The number of para-hydroxylation sites is 2. The van der Waals surface area contributed by atoms with Crippen molar-refractivity contribution in [2.24, 2.45) is 0 Å². The van der Waals surface area contributed by atoms with Gasteiger partial charge in [0.25, 0.3) is 0 Å². The fourth-order valence-electron chi connectivity index (χ4n) is 9.49. The first-order valence-electron chi connectivity index (χ1n) is 20.1. The Hall–Kier alpha value is -6.64. The van der Waals surface area contributed by atoms with E-state index in [-0.39, 0.29) is 0 Å². The van der Waals surface area contributed by atoms with Crippen molar-refractivity contribution in [1.82, 2.24) is 9.13 Å². The van der Waals surface area contributed by atoms with Crippen molar-refractivity contribution in [2.45, 2.75) is 38.0 Å². The van der Waals surface area contributed by atoms with Crippen molar-refractivity contribution >= 4 is 60.6 Å². The minimum absolute atomic E-state index is 0.304. The molecule has 2 heterocycles. The number of benzene rings is 6. The summed E-state index contributed by atoms with van der Waals surface area (Å²) in [6, 6.07) is 53.9. The average Bonchev–Trinajstić information content (AvgIpc) is 3.79. The Balaban J connectivity index is 1.02. The van der Waals surface area contributed by atoms with Crippen LogP contribution in [0.2, 0.25) is 0 Å². The summed E-state index contributed by atoms with van der Waals surface area (Å²) in [5.74, 6) is 0.304. The molecule has 3 aliphatic carbocycles. The van der Waals surface area contributed by atoms with Crippen LogP contribution in [0.5, 0.6) is 0 Å². The minimum Gasteiger partial charge on any atom is -0.313 e. The van der Waals surface area contributed by atoms with Crippen molar-refractivity contribution in [3.05, 3.63) is 210 Å². The largest absolute Gasteiger partial charge is 0.313 e. The molecule has 2 heteroatoms. The van der Waals surface area contributed by atoms with Gasteiger partial charge >= 0.3 is 0 Å². The van der Waals surface area contributed by atoms with Gasteiger partial charge in [0.15, 0.2) is 0 Å². The van der Waals surface area contributed by atoms with Gasteiger partial charge in [-0.2, -0.15) is 0 Å². The molecule has 268 valence electrons. The van der Waals surface area contributed by atoms with Crippen molar-refractivity contribution in [2.75, 3.05) is 0 Å². The van der Waals surface area contributed by atoms with Crippen molar-refractivity contribution in [3.63, 3.8) is 0 Å². The Bertz CT molecular complexity index is 3030. The number of hydrogen-bond acceptors (Lipinski definition) is 0. The minimum atomic E-state index is 0.304. The molecule has 0 aliphatic heterocycles. The Morgan fingerprint density at radius 2 is 1.07 bits per heavy atom. The third kappa shape index (κ3) is 5.56. The molecule has 0 bridgehead atoms. The van der Waals surface area contributed by atoms with Crippen LogP contribution >= 0.6 is 0 Å². The third-order valence-electron chi connectivity index (χ3n) is 12.2. The lowest BCUT2D eigenvalue weighted by Gasteiger charge is -2.25. The fourth-order valence-corrected chi connectivity index (χ4v) is 9.49. The van der Waals surface area contributed by atoms with E-state index < -0.39 is 0 Å². The zero-order valence-corrected chi connectivity index (χ0v) is 31.4. The van der Waals surface area contributed by atoms with Crippen LogP contribution in [-0.4, -0.2) is 9.13 Å². The second-order valence-electron chi connectivity index (χ2n) is 15.5. The first-order chi connectivity index (χ1) is 27.8. The summed E-state index contributed by atoms with van der Waals surface area (Å²) in [4.78, 5) is 0. The van der Waals surface area contributed by atoms with Crippen LogP contribution in [0.15, 0.2) is 199 Å². The lowest BCUT2D eigenvalue weighted by molar-refractivity contribution is 0.829. The van der Waals surface area contributed by atoms with Crippen LogP contribution in [0.1, 0.15) is 49.1 Å². The van der Waals surface area contributed by atoms with E-state index in [4.69, 9.17) is 0 Å². The number of rotatable bonds is 6. The Morgan fingerprint density at radius 1 is 0.464 bits per heavy atom. The van der Waals surface area contributed by atoms with E-state index in [9.17, 15) is 0 Å². The van der Waals surface area contributed by atoms with E-state index in [1.165, 1.54) is 94.0 Å². The molecular formula is C54H42N2. The maximum absolute atomic E-state index is 2.54. The summed E-state index contributed by atoms with van der Waals surface area (Å²) in [5.41, 5.74) is 17.0. The number of fused-ring (bicyclic) bond motifs is 6. The van der Waals surface area contributed by atoms with E-state index in [2.05, 4.69) is 197 Å². The third-order valence-corrected chi connectivity index (χ3v) is 12.2. The van der Waals surface area contributed by atoms with E-state index in [1.54, 1.807) is 0 Å². The fraction of sp³-hybridized carbons (Fsp3) is 0.111. The smallest absolute Gasteiger partial charge is 0.0538 e. The van der Waals surface area contributed by atoms with Crippen LogP contribution in [0.3, 0.4) is 0 Å². The number of aromatic nitrogens is 2. The molecule has 1 atom stereocenters. The van der Waals surface area contributed by atoms with E-state index in [0.29, 0.717) is 5.92 Å². The zero-order valence-electron chi connectivity index (χ0n) is 31.4. The van der Waals surface area contributed by atoms with Gasteiger partial charge in [0.05, 0.1) is 22.1 Å². The molecular weight excluding hydrogens is 677 g/mol. The molecule has 8 aromatic rings. The zero-order chi connectivity index (χ0) is 37.0. The average molecular weight is 719 g/mol. The van der Waals surface area contributed by atoms with Gasteiger partial charge in [-0.3, -0.25) is 0 Å². The topological polar surface area (TPSA) is 9.86 Å². The maximum Gasteiger partial charge on any atom is 0.0538 e. The maximum atomic E-state index is 2.54. The molecule has 6 aromatic carbocycles. The summed E-state index contributed by atoms with van der Waals surface area (Å²) in [5, 5.41) is 5.17. The van der Waals surface area contributed by atoms with Crippen LogP contribution in [0, 0.1) is 0 Å². The Kier molecular flexibility index (Phi) is 7.95. The lowest BCUT2D eigenvalue weighted by Crippen LogP contribution is -2.09. The Labute approximate surface area is 328 Å². The molecule has 0 radical (unpaired) electrons. The van der Waals surface area contributed by atoms with Crippen molar-refractivity contribution < 1.29 is 0 Å². The number of allylic oxidation sites excluding steroid dienone is 12. The first-order valence-corrected chi connectivity index (χ1v) is 20.1. The van der Waals surface area contributed by atoms with Gasteiger partial charge in [-0.05, 0) is 120 Å². The second-order valence-corrected chi connectivity index (χ2v) is 15.5. The van der Waals surface area contributed by atoms with Gasteiger partial charge in [-0.25, -0.2) is 0 Å². The molecule has 0 fully saturated rings. The van der Waals surface area contributed by atoms with E-state index in [1.807, 2.05) is 0 Å². The van der Waals surface area contributed by atoms with Crippen LogP contribution in [0.25, 0.3) is 71.7 Å². The highest BCUT2D eigenvalue weighted by Gasteiger charge is 2.23. The van der Waals surface area contributed by atoms with Crippen molar-refractivity contribution in [1.29, 1.82) is 0 Å². The first kappa shape index (κ1) is 32.8. The molecule has 2 nitrogen and oxygen atoms in total. The molecule has 0 spiro atoms. The van der Waals surface area contributed by atoms with E-state index in [0.717, 1.165) is 32.1 Å². The van der Waals surface area contributed by atoms with Gasteiger partial charge in [-0.15, -0.1) is 0 Å². The van der Waals surface area contributed by atoms with Gasteiger partial charge in [0.1, 0.15) is 0 Å². The van der Waals surface area contributed by atoms with Gasteiger partial charge in [0, 0.05) is 38.9 Å². The summed E-state index contributed by atoms with van der Waals surface area (Å²) in [6.45, 7) is 0. The standard InChI is InChI=1S/C54H42N2/c1-4-14-37(15-5-1)40-24-28-45(29-25-40)55-51-22-12-10-20-47(51)49-35-41(26-30-53(49)55)42-27-31-54-50(36-42)48-21-11-13-23-52(48)56(54)46-33-43(38-16-6-2-7-17-38)32-44(34-46)39-18-8-3-9-19-39/h1-2,4-8,10-24,26-28,30-32,34-36,43H,3,9,25,29,33H2. The highest BCUT2D eigenvalue weighted by atomic mass is 15.0. The van der Waals surface area contributed by atoms with Crippen molar-refractivity contribution in [3.8, 4) is 11.1 Å². The second kappa shape index (κ2) is 13.6. The highest BCUT2D eigenvalue weighted by Crippen LogP contribution is 2.43. The molecule has 0 saturated carbocycles. The lowest BCUT2D eigenvalue weighted by atomic mass is 9.84. The predicted molar refractivity (Wildman–Crippen MR) is 238 cm³/mol. The number of hydrogen-bond donors (Lipinski definition) is 0. The summed E-state index contributed by atoms with van der Waals surface area (Å²) >= 11 is 0. The normalized spacial score (nSPS) is 17.2. The molecule has 1 unspecified atom stereocenters. The van der Waals surface area contributed by atoms with Crippen LogP contribution in [-0.2, 0) is 0 Å². The molecule has 0 amide bonds. The number of nitrogens with zero attached hydrogens (tertiary/aromatic N) is 2. The molecule has 56 heavy (non-hydrogen) atoms. The molecule has 3 aliphatic rings. The summed E-state index contributed by atoms with van der Waals surface area (Å²) < 4.78 is 5.03. The SMILES string of the molecule is C1=CC(C2=CC(c3ccccc3)CC(n3c4ccccc4c4cc(-c5ccc6c(c5)c5ccccc5n6C5=CC=C(c6ccccc6)CC5)ccc43)=C2)=CCC1. The van der Waals surface area contributed by atoms with Gasteiger partial charge in [-0.1, -0.05) is 140 Å².